The zero-order chi connectivity index (χ0) is 20.1. The molecule has 8 heteroatoms. The molecule has 144 valence electrons. The molecule has 2 N–H and O–H groups in total. The van der Waals surface area contributed by atoms with Crippen LogP contribution in [0.1, 0.15) is 22.8 Å². The summed E-state index contributed by atoms with van der Waals surface area (Å²) in [7, 11) is 1.53. The molecular weight excluding hydrogens is 376 g/mol. The smallest absolute Gasteiger partial charge is 0.252 e. The minimum absolute atomic E-state index is 0.362. The van der Waals surface area contributed by atoms with E-state index < -0.39 is 6.04 Å². The SMILES string of the molecule is COc1cccc(C(=O)N[C@@H](C)C(=O)Nc2nnc(-c3ccc(C)cc3)s2)c1. The van der Waals surface area contributed by atoms with Gasteiger partial charge >= 0.3 is 0 Å². The van der Waals surface area contributed by atoms with Crippen LogP contribution < -0.4 is 15.4 Å². The van der Waals surface area contributed by atoms with Gasteiger partial charge in [0.2, 0.25) is 11.0 Å². The van der Waals surface area contributed by atoms with Crippen LogP contribution in [0.2, 0.25) is 0 Å². The normalized spacial score (nSPS) is 11.5. The Labute approximate surface area is 166 Å². The summed E-state index contributed by atoms with van der Waals surface area (Å²) in [5, 5.41) is 14.6. The number of amides is 2. The number of ether oxygens (including phenoxy) is 1. The van der Waals surface area contributed by atoms with Gasteiger partial charge in [-0.3, -0.25) is 14.9 Å². The molecular formula is C20H20N4O3S. The van der Waals surface area contributed by atoms with Gasteiger partial charge in [0.05, 0.1) is 7.11 Å². The first-order valence-corrected chi connectivity index (χ1v) is 9.44. The molecule has 1 heterocycles. The largest absolute Gasteiger partial charge is 0.497 e. The lowest BCUT2D eigenvalue weighted by Crippen LogP contribution is -2.41. The van der Waals surface area contributed by atoms with Crippen molar-refractivity contribution >= 4 is 28.3 Å². The number of nitrogens with zero attached hydrogens (tertiary/aromatic N) is 2. The van der Waals surface area contributed by atoms with Gasteiger partial charge in [-0.15, -0.1) is 10.2 Å². The van der Waals surface area contributed by atoms with Crippen molar-refractivity contribution in [3.8, 4) is 16.3 Å². The third-order valence-corrected chi connectivity index (χ3v) is 4.91. The molecule has 0 spiro atoms. The van der Waals surface area contributed by atoms with Crippen LogP contribution in [0.15, 0.2) is 48.5 Å². The lowest BCUT2D eigenvalue weighted by atomic mass is 10.2. The number of benzene rings is 2. The highest BCUT2D eigenvalue weighted by Crippen LogP contribution is 2.26. The van der Waals surface area contributed by atoms with Gasteiger partial charge in [0, 0.05) is 11.1 Å². The van der Waals surface area contributed by atoms with Gasteiger partial charge in [-0.05, 0) is 32.0 Å². The maximum Gasteiger partial charge on any atom is 0.252 e. The molecule has 0 fully saturated rings. The van der Waals surface area contributed by atoms with Crippen LogP contribution in [-0.2, 0) is 4.79 Å². The Morgan fingerprint density at radius 1 is 1.11 bits per heavy atom. The Bertz CT molecular complexity index is 985. The molecule has 0 unspecified atom stereocenters. The summed E-state index contributed by atoms with van der Waals surface area (Å²) in [5.41, 5.74) is 2.50. The number of nitrogens with one attached hydrogen (secondary N) is 2. The first-order chi connectivity index (χ1) is 13.5. The fourth-order valence-corrected chi connectivity index (χ4v) is 3.16. The Morgan fingerprint density at radius 2 is 1.86 bits per heavy atom. The van der Waals surface area contributed by atoms with Crippen LogP contribution in [0.3, 0.4) is 0 Å². The minimum atomic E-state index is -0.745. The number of carbonyl (C=O) groups is 2. The fraction of sp³-hybridized carbons (Fsp3) is 0.200. The van der Waals surface area contributed by atoms with Crippen molar-refractivity contribution in [2.75, 3.05) is 12.4 Å². The average molecular weight is 396 g/mol. The summed E-state index contributed by atoms with van der Waals surface area (Å²) in [6.07, 6.45) is 0. The van der Waals surface area contributed by atoms with Crippen LogP contribution >= 0.6 is 11.3 Å². The number of rotatable bonds is 6. The van der Waals surface area contributed by atoms with Crippen molar-refractivity contribution in [1.29, 1.82) is 0 Å². The molecule has 0 aliphatic rings. The van der Waals surface area contributed by atoms with Crippen LogP contribution in [0.25, 0.3) is 10.6 Å². The van der Waals surface area contributed by atoms with Crippen LogP contribution in [0.4, 0.5) is 5.13 Å². The Hall–Kier alpha value is -3.26. The van der Waals surface area contributed by atoms with Crippen molar-refractivity contribution in [2.24, 2.45) is 0 Å². The molecule has 0 radical (unpaired) electrons. The van der Waals surface area contributed by atoms with E-state index in [-0.39, 0.29) is 11.8 Å². The van der Waals surface area contributed by atoms with Crippen molar-refractivity contribution in [1.82, 2.24) is 15.5 Å². The van der Waals surface area contributed by atoms with Crippen LogP contribution in [0.5, 0.6) is 5.75 Å². The van der Waals surface area contributed by atoms with E-state index >= 15 is 0 Å². The lowest BCUT2D eigenvalue weighted by Gasteiger charge is -2.13. The maximum absolute atomic E-state index is 12.4. The Morgan fingerprint density at radius 3 is 2.57 bits per heavy atom. The molecule has 0 bridgehead atoms. The molecule has 3 aromatic rings. The first-order valence-electron chi connectivity index (χ1n) is 8.62. The third-order valence-electron chi connectivity index (χ3n) is 4.03. The summed E-state index contributed by atoms with van der Waals surface area (Å²) >= 11 is 1.27. The highest BCUT2D eigenvalue weighted by atomic mass is 32.1. The van der Waals surface area contributed by atoms with Gasteiger partial charge in [-0.25, -0.2) is 0 Å². The van der Waals surface area contributed by atoms with E-state index in [1.165, 1.54) is 18.4 Å². The van der Waals surface area contributed by atoms with E-state index in [1.807, 2.05) is 31.2 Å². The topological polar surface area (TPSA) is 93.2 Å². The molecule has 0 aliphatic carbocycles. The van der Waals surface area contributed by atoms with Crippen LogP contribution in [-0.4, -0.2) is 35.2 Å². The van der Waals surface area contributed by atoms with Gasteiger partial charge in [0.1, 0.15) is 16.8 Å². The monoisotopic (exact) mass is 396 g/mol. The molecule has 1 atom stereocenters. The van der Waals surface area contributed by atoms with Crippen molar-refractivity contribution < 1.29 is 14.3 Å². The van der Waals surface area contributed by atoms with Gasteiger partial charge in [-0.2, -0.15) is 0 Å². The highest BCUT2D eigenvalue weighted by Gasteiger charge is 2.19. The number of carbonyl (C=O) groups excluding carboxylic acids is 2. The minimum Gasteiger partial charge on any atom is -0.497 e. The predicted octanol–water partition coefficient (Wildman–Crippen LogP) is 3.28. The van der Waals surface area contributed by atoms with Gasteiger partial charge in [0.15, 0.2) is 0 Å². The van der Waals surface area contributed by atoms with E-state index in [9.17, 15) is 9.59 Å². The number of hydrogen-bond donors (Lipinski definition) is 2. The quantitative estimate of drug-likeness (QED) is 0.667. The van der Waals surface area contributed by atoms with E-state index in [0.717, 1.165) is 11.1 Å². The van der Waals surface area contributed by atoms with Crippen molar-refractivity contribution in [3.63, 3.8) is 0 Å². The zero-order valence-corrected chi connectivity index (χ0v) is 16.5. The molecule has 0 saturated heterocycles. The first kappa shape index (κ1) is 19.5. The average Bonchev–Trinajstić information content (AvgIpc) is 3.16. The molecule has 7 nitrogen and oxygen atoms in total. The number of hydrogen-bond acceptors (Lipinski definition) is 6. The molecule has 0 aliphatic heterocycles. The van der Waals surface area contributed by atoms with Gasteiger partial charge < -0.3 is 10.1 Å². The summed E-state index contributed by atoms with van der Waals surface area (Å²) in [6.45, 7) is 3.62. The molecule has 28 heavy (non-hydrogen) atoms. The number of anilines is 1. The van der Waals surface area contributed by atoms with Gasteiger partial charge in [0.25, 0.3) is 5.91 Å². The number of methoxy groups -OCH3 is 1. The summed E-state index contributed by atoms with van der Waals surface area (Å²) in [5.74, 6) is -0.163. The van der Waals surface area contributed by atoms with Crippen molar-refractivity contribution in [3.05, 3.63) is 59.7 Å². The van der Waals surface area contributed by atoms with E-state index in [1.54, 1.807) is 31.2 Å². The van der Waals surface area contributed by atoms with E-state index in [2.05, 4.69) is 20.8 Å². The second kappa shape index (κ2) is 8.62. The zero-order valence-electron chi connectivity index (χ0n) is 15.7. The number of aryl methyl sites for hydroxylation is 1. The Balaban J connectivity index is 1.61. The van der Waals surface area contributed by atoms with E-state index in [0.29, 0.717) is 21.5 Å². The third kappa shape index (κ3) is 4.72. The Kier molecular flexibility index (Phi) is 6.00. The van der Waals surface area contributed by atoms with E-state index in [4.69, 9.17) is 4.74 Å². The molecule has 2 aromatic carbocycles. The lowest BCUT2D eigenvalue weighted by molar-refractivity contribution is -0.117. The van der Waals surface area contributed by atoms with Gasteiger partial charge in [-0.1, -0.05) is 47.2 Å². The fourth-order valence-electron chi connectivity index (χ4n) is 2.41. The standard InChI is InChI=1S/C20H20N4O3S/c1-12-7-9-14(10-8-12)19-23-24-20(28-19)22-17(25)13(2)21-18(26)15-5-4-6-16(11-15)27-3/h4-11,13H,1-3H3,(H,21,26)(H,22,24,25)/t13-/m0/s1. The maximum atomic E-state index is 12.4. The second-order valence-electron chi connectivity index (χ2n) is 6.19. The predicted molar refractivity (Wildman–Crippen MR) is 109 cm³/mol. The summed E-state index contributed by atoms with van der Waals surface area (Å²) in [4.78, 5) is 24.7. The molecule has 2 amide bonds. The molecule has 0 saturated carbocycles. The summed E-state index contributed by atoms with van der Waals surface area (Å²) < 4.78 is 5.11. The highest BCUT2D eigenvalue weighted by molar-refractivity contribution is 7.18. The molecule has 3 rings (SSSR count). The second-order valence-corrected chi connectivity index (χ2v) is 7.17. The number of aromatic nitrogens is 2. The van der Waals surface area contributed by atoms with Crippen molar-refractivity contribution in [2.45, 2.75) is 19.9 Å². The van der Waals surface area contributed by atoms with Crippen LogP contribution in [0, 0.1) is 6.92 Å². The summed E-state index contributed by atoms with van der Waals surface area (Å²) in [6, 6.07) is 13.9. The molecule has 1 aromatic heterocycles.